The third-order valence-corrected chi connectivity index (χ3v) is 4.70. The molecule has 1 aliphatic rings. The first-order chi connectivity index (χ1) is 9.99. The Labute approximate surface area is 129 Å². The number of rotatable bonds is 5. The number of nitrogens with one attached hydrogen (secondary N) is 1. The van der Waals surface area contributed by atoms with Gasteiger partial charge in [-0.25, -0.2) is 4.98 Å². The summed E-state index contributed by atoms with van der Waals surface area (Å²) in [6, 6.07) is 1.12. The van der Waals surface area contributed by atoms with E-state index in [0.717, 1.165) is 6.54 Å². The van der Waals surface area contributed by atoms with Crippen molar-refractivity contribution < 1.29 is 0 Å². The minimum absolute atomic E-state index is 0.251. The summed E-state index contributed by atoms with van der Waals surface area (Å²) in [6.45, 7) is 13.9. The Kier molecular flexibility index (Phi) is 5.82. The Hall–Kier alpha value is -0.870. The molecule has 0 radical (unpaired) electrons. The van der Waals surface area contributed by atoms with E-state index in [2.05, 4.69) is 53.7 Å². The molecule has 0 amide bonds. The molecule has 1 aromatic heterocycles. The van der Waals surface area contributed by atoms with Crippen molar-refractivity contribution in [2.45, 2.75) is 65.6 Å². The van der Waals surface area contributed by atoms with Crippen molar-refractivity contribution in [1.82, 2.24) is 19.8 Å². The second-order valence-corrected chi connectivity index (χ2v) is 7.41. The molecule has 2 atom stereocenters. The van der Waals surface area contributed by atoms with Gasteiger partial charge in [0.25, 0.3) is 0 Å². The summed E-state index contributed by atoms with van der Waals surface area (Å²) in [7, 11) is 0. The maximum atomic E-state index is 4.17. The lowest BCUT2D eigenvalue weighted by atomic mass is 9.85. The number of nitrogens with zero attached hydrogens (tertiary/aromatic N) is 3. The molecular formula is C17H32N4. The first-order valence-corrected chi connectivity index (χ1v) is 8.43. The van der Waals surface area contributed by atoms with Crippen LogP contribution in [0.5, 0.6) is 0 Å². The molecule has 4 heteroatoms. The molecular weight excluding hydrogens is 260 g/mol. The summed E-state index contributed by atoms with van der Waals surface area (Å²) in [5.41, 5.74) is 0.251. The molecule has 1 fully saturated rings. The Morgan fingerprint density at radius 1 is 1.29 bits per heavy atom. The zero-order valence-corrected chi connectivity index (χ0v) is 14.2. The quantitative estimate of drug-likeness (QED) is 0.906. The second-order valence-electron chi connectivity index (χ2n) is 7.41. The van der Waals surface area contributed by atoms with Crippen molar-refractivity contribution in [1.29, 1.82) is 0 Å². The fraction of sp³-hybridized carbons (Fsp3) is 0.824. The van der Waals surface area contributed by atoms with E-state index in [9.17, 15) is 0 Å². The summed E-state index contributed by atoms with van der Waals surface area (Å²) in [4.78, 5) is 6.74. The fourth-order valence-electron chi connectivity index (χ4n) is 3.11. The van der Waals surface area contributed by atoms with Crippen LogP contribution in [-0.2, 0) is 6.54 Å². The lowest BCUT2D eigenvalue weighted by Gasteiger charge is -2.35. The number of hydrogen-bond donors (Lipinski definition) is 1. The van der Waals surface area contributed by atoms with Gasteiger partial charge in [-0.1, -0.05) is 27.7 Å². The molecule has 2 unspecified atom stereocenters. The van der Waals surface area contributed by atoms with E-state index >= 15 is 0 Å². The van der Waals surface area contributed by atoms with E-state index in [0.29, 0.717) is 12.1 Å². The van der Waals surface area contributed by atoms with Gasteiger partial charge in [-0.05, 0) is 44.3 Å². The molecule has 0 spiro atoms. The highest BCUT2D eigenvalue weighted by Crippen LogP contribution is 2.23. The average Bonchev–Trinajstić information content (AvgIpc) is 2.82. The van der Waals surface area contributed by atoms with Gasteiger partial charge in [0.15, 0.2) is 0 Å². The van der Waals surface area contributed by atoms with Crippen LogP contribution in [0.25, 0.3) is 0 Å². The minimum atomic E-state index is 0.251. The van der Waals surface area contributed by atoms with Crippen molar-refractivity contribution in [2.24, 2.45) is 5.41 Å². The first kappa shape index (κ1) is 16.5. The minimum Gasteiger partial charge on any atom is -0.336 e. The summed E-state index contributed by atoms with van der Waals surface area (Å²) in [5.74, 6) is 0. The van der Waals surface area contributed by atoms with Gasteiger partial charge in [-0.2, -0.15) is 0 Å². The molecule has 1 aromatic rings. The third kappa shape index (κ3) is 5.11. The molecule has 0 aliphatic carbocycles. The lowest BCUT2D eigenvalue weighted by Crippen LogP contribution is -2.48. The molecule has 2 heterocycles. The maximum absolute atomic E-state index is 4.17. The van der Waals surface area contributed by atoms with Gasteiger partial charge in [-0.3, -0.25) is 0 Å². The van der Waals surface area contributed by atoms with E-state index in [1.807, 2.05) is 12.5 Å². The van der Waals surface area contributed by atoms with Gasteiger partial charge in [0.2, 0.25) is 0 Å². The van der Waals surface area contributed by atoms with Crippen LogP contribution in [0, 0.1) is 5.41 Å². The summed E-state index contributed by atoms with van der Waals surface area (Å²) in [5, 5.41) is 3.94. The molecule has 2 rings (SSSR count). The molecule has 0 aromatic carbocycles. The van der Waals surface area contributed by atoms with Crippen LogP contribution in [0.4, 0.5) is 0 Å². The van der Waals surface area contributed by atoms with E-state index in [1.165, 1.54) is 38.9 Å². The second kappa shape index (κ2) is 7.41. The van der Waals surface area contributed by atoms with Gasteiger partial charge in [0.1, 0.15) is 0 Å². The van der Waals surface area contributed by atoms with Gasteiger partial charge < -0.3 is 14.8 Å². The molecule has 1 aliphatic heterocycles. The van der Waals surface area contributed by atoms with Crippen molar-refractivity contribution >= 4 is 0 Å². The Balaban J connectivity index is 1.95. The van der Waals surface area contributed by atoms with Gasteiger partial charge in [-0.15, -0.1) is 0 Å². The molecule has 21 heavy (non-hydrogen) atoms. The van der Waals surface area contributed by atoms with Gasteiger partial charge in [0.05, 0.1) is 6.33 Å². The predicted octanol–water partition coefficient (Wildman–Crippen LogP) is 2.76. The lowest BCUT2D eigenvalue weighted by molar-refractivity contribution is 0.213. The zero-order chi connectivity index (χ0) is 15.3. The smallest absolute Gasteiger partial charge is 0.0946 e. The van der Waals surface area contributed by atoms with Crippen LogP contribution in [-0.4, -0.2) is 46.2 Å². The van der Waals surface area contributed by atoms with Gasteiger partial charge >= 0.3 is 0 Å². The molecule has 1 N–H and O–H groups in total. The topological polar surface area (TPSA) is 33.1 Å². The van der Waals surface area contributed by atoms with Crippen LogP contribution in [0.3, 0.4) is 0 Å². The number of aromatic nitrogens is 2. The van der Waals surface area contributed by atoms with E-state index in [-0.39, 0.29) is 5.41 Å². The standard InChI is InChI=1S/C17H32N4/c1-5-20-10-6-7-15(8-11-20)19-16(17(2,3)4)13-21-12-9-18-14-21/h9,12,14-16,19H,5-8,10-11,13H2,1-4H3. The van der Waals surface area contributed by atoms with Crippen molar-refractivity contribution in [3.05, 3.63) is 18.7 Å². The van der Waals surface area contributed by atoms with Crippen LogP contribution >= 0.6 is 0 Å². The molecule has 0 saturated carbocycles. The summed E-state index contributed by atoms with van der Waals surface area (Å²) < 4.78 is 2.19. The molecule has 4 nitrogen and oxygen atoms in total. The van der Waals surface area contributed by atoms with Crippen molar-refractivity contribution in [3.63, 3.8) is 0 Å². The monoisotopic (exact) mass is 292 g/mol. The number of imidazole rings is 1. The van der Waals surface area contributed by atoms with Crippen LogP contribution < -0.4 is 5.32 Å². The van der Waals surface area contributed by atoms with E-state index < -0.39 is 0 Å². The van der Waals surface area contributed by atoms with Gasteiger partial charge in [0, 0.05) is 31.0 Å². The number of hydrogen-bond acceptors (Lipinski definition) is 3. The summed E-state index contributed by atoms with van der Waals surface area (Å²) >= 11 is 0. The normalized spacial score (nSPS) is 23.0. The molecule has 1 saturated heterocycles. The Bertz CT molecular complexity index is 393. The highest BCUT2D eigenvalue weighted by Gasteiger charge is 2.28. The largest absolute Gasteiger partial charge is 0.336 e. The zero-order valence-electron chi connectivity index (χ0n) is 14.2. The predicted molar refractivity (Wildman–Crippen MR) is 88.4 cm³/mol. The van der Waals surface area contributed by atoms with Crippen LogP contribution in [0.1, 0.15) is 47.0 Å². The fourth-order valence-corrected chi connectivity index (χ4v) is 3.11. The highest BCUT2D eigenvalue weighted by atomic mass is 15.1. The van der Waals surface area contributed by atoms with Crippen LogP contribution in [0.15, 0.2) is 18.7 Å². The Morgan fingerprint density at radius 3 is 2.71 bits per heavy atom. The van der Waals surface area contributed by atoms with E-state index in [4.69, 9.17) is 0 Å². The van der Waals surface area contributed by atoms with Crippen molar-refractivity contribution in [3.8, 4) is 0 Å². The van der Waals surface area contributed by atoms with E-state index in [1.54, 1.807) is 0 Å². The third-order valence-electron chi connectivity index (χ3n) is 4.70. The number of likely N-dealkylation sites (tertiary alicyclic amines) is 1. The maximum Gasteiger partial charge on any atom is 0.0946 e. The molecule has 120 valence electrons. The van der Waals surface area contributed by atoms with Crippen molar-refractivity contribution in [2.75, 3.05) is 19.6 Å². The molecule has 0 bridgehead atoms. The Morgan fingerprint density at radius 2 is 2.10 bits per heavy atom. The summed E-state index contributed by atoms with van der Waals surface area (Å²) in [6.07, 6.45) is 9.73. The highest BCUT2D eigenvalue weighted by molar-refractivity contribution is 4.87. The van der Waals surface area contributed by atoms with Crippen LogP contribution in [0.2, 0.25) is 0 Å². The first-order valence-electron chi connectivity index (χ1n) is 8.43. The SMILES string of the molecule is CCN1CCCC(NC(Cn2ccnc2)C(C)(C)C)CC1. The average molecular weight is 292 g/mol.